The van der Waals surface area contributed by atoms with Gasteiger partial charge in [0.05, 0.1) is 0 Å². The molecule has 0 saturated carbocycles. The van der Waals surface area contributed by atoms with E-state index in [2.05, 4.69) is 93.7 Å². The Balaban J connectivity index is 3.76. The Kier molecular flexibility index (Phi) is 48.9. The third-order valence-corrected chi connectivity index (χ3v) is 11.2. The highest BCUT2D eigenvalue weighted by molar-refractivity contribution is 5.71. The molecule has 362 valence electrons. The summed E-state index contributed by atoms with van der Waals surface area (Å²) in [5.74, 6) is -0.901. The van der Waals surface area contributed by atoms with Gasteiger partial charge in [-0.3, -0.25) is 14.4 Å². The van der Waals surface area contributed by atoms with Crippen molar-refractivity contribution in [2.24, 2.45) is 0 Å². The van der Waals surface area contributed by atoms with Gasteiger partial charge in [-0.1, -0.05) is 235 Å². The number of esters is 3. The van der Waals surface area contributed by atoms with E-state index in [1.54, 1.807) is 0 Å². The van der Waals surface area contributed by atoms with E-state index in [1.165, 1.54) is 96.3 Å². The van der Waals surface area contributed by atoms with Gasteiger partial charge in [0.1, 0.15) is 13.2 Å². The fourth-order valence-electron chi connectivity index (χ4n) is 7.27. The van der Waals surface area contributed by atoms with Gasteiger partial charge in [-0.15, -0.1) is 0 Å². The van der Waals surface area contributed by atoms with Gasteiger partial charge < -0.3 is 14.2 Å². The maximum Gasteiger partial charge on any atom is 0.306 e. The molecule has 0 aromatic rings. The van der Waals surface area contributed by atoms with Gasteiger partial charge in [-0.2, -0.15) is 0 Å². The Morgan fingerprint density at radius 1 is 0.333 bits per heavy atom. The molecule has 0 aromatic heterocycles. The maximum atomic E-state index is 12.5. The Morgan fingerprint density at radius 2 is 0.619 bits per heavy atom. The zero-order valence-electron chi connectivity index (χ0n) is 41.3. The third kappa shape index (κ3) is 49.7. The molecule has 6 nitrogen and oxygen atoms in total. The van der Waals surface area contributed by atoms with Gasteiger partial charge in [-0.25, -0.2) is 0 Å². The van der Waals surface area contributed by atoms with Crippen molar-refractivity contribution in [1.82, 2.24) is 0 Å². The van der Waals surface area contributed by atoms with Crippen molar-refractivity contribution in [3.05, 3.63) is 72.9 Å². The third-order valence-electron chi connectivity index (χ3n) is 11.2. The average Bonchev–Trinajstić information content (AvgIpc) is 3.28. The molecule has 0 radical (unpaired) electrons. The second-order valence-corrected chi connectivity index (χ2v) is 17.4. The molecule has 1 atom stereocenters. The van der Waals surface area contributed by atoms with E-state index in [0.29, 0.717) is 19.3 Å². The molecule has 6 heteroatoms. The average molecular weight is 879 g/mol. The molecule has 0 amide bonds. The van der Waals surface area contributed by atoms with E-state index < -0.39 is 6.10 Å². The lowest BCUT2D eigenvalue weighted by atomic mass is 10.0. The predicted octanol–water partition coefficient (Wildman–Crippen LogP) is 17.4. The molecule has 0 fully saturated rings. The molecule has 0 bridgehead atoms. The minimum Gasteiger partial charge on any atom is -0.462 e. The molecule has 0 aliphatic heterocycles. The highest BCUT2D eigenvalue weighted by Gasteiger charge is 2.19. The summed E-state index contributed by atoms with van der Waals surface area (Å²) in [7, 11) is 0. The summed E-state index contributed by atoms with van der Waals surface area (Å²) in [6, 6.07) is 0. The lowest BCUT2D eigenvalue weighted by Crippen LogP contribution is -2.30. The molecule has 0 heterocycles. The summed E-state index contributed by atoms with van der Waals surface area (Å²) in [4.78, 5) is 37.2. The van der Waals surface area contributed by atoms with Crippen molar-refractivity contribution < 1.29 is 28.6 Å². The Labute approximate surface area is 389 Å². The summed E-state index contributed by atoms with van der Waals surface area (Å²) >= 11 is 0. The summed E-state index contributed by atoms with van der Waals surface area (Å²) < 4.78 is 16.5. The fraction of sp³-hybridized carbons (Fsp3) is 0.737. The Hall–Kier alpha value is -3.15. The first-order valence-electron chi connectivity index (χ1n) is 26.4. The molecule has 63 heavy (non-hydrogen) atoms. The number of rotatable bonds is 47. The van der Waals surface area contributed by atoms with Gasteiger partial charge in [0.25, 0.3) is 0 Å². The van der Waals surface area contributed by atoms with Crippen molar-refractivity contribution in [1.29, 1.82) is 0 Å². The second kappa shape index (κ2) is 51.5. The number of ether oxygens (including phenoxy) is 3. The molecular formula is C57H98O6. The zero-order valence-corrected chi connectivity index (χ0v) is 41.3. The van der Waals surface area contributed by atoms with Gasteiger partial charge >= 0.3 is 17.9 Å². The number of hydrogen-bond donors (Lipinski definition) is 0. The molecular weight excluding hydrogens is 781 g/mol. The van der Waals surface area contributed by atoms with Crippen LogP contribution in [0.2, 0.25) is 0 Å². The second-order valence-electron chi connectivity index (χ2n) is 17.4. The highest BCUT2D eigenvalue weighted by Crippen LogP contribution is 2.15. The van der Waals surface area contributed by atoms with E-state index >= 15 is 0 Å². The van der Waals surface area contributed by atoms with Crippen LogP contribution in [-0.4, -0.2) is 37.2 Å². The monoisotopic (exact) mass is 879 g/mol. The van der Waals surface area contributed by atoms with Crippen LogP contribution in [0.25, 0.3) is 0 Å². The topological polar surface area (TPSA) is 78.9 Å². The van der Waals surface area contributed by atoms with Crippen LogP contribution in [0.5, 0.6) is 0 Å². The smallest absolute Gasteiger partial charge is 0.306 e. The van der Waals surface area contributed by atoms with Gasteiger partial charge in [0, 0.05) is 19.3 Å². The molecule has 0 N–H and O–H groups in total. The van der Waals surface area contributed by atoms with Crippen molar-refractivity contribution in [2.75, 3.05) is 13.2 Å². The van der Waals surface area contributed by atoms with E-state index in [0.717, 1.165) is 116 Å². The number of hydrogen-bond acceptors (Lipinski definition) is 6. The summed E-state index contributed by atoms with van der Waals surface area (Å²) in [5.41, 5.74) is 0. The lowest BCUT2D eigenvalue weighted by Gasteiger charge is -2.18. The van der Waals surface area contributed by atoms with Crippen LogP contribution < -0.4 is 0 Å². The van der Waals surface area contributed by atoms with E-state index in [9.17, 15) is 14.4 Å². The summed E-state index contributed by atoms with van der Waals surface area (Å²) in [6.45, 7) is 6.35. The predicted molar refractivity (Wildman–Crippen MR) is 270 cm³/mol. The quantitative estimate of drug-likeness (QED) is 0.0262. The first-order chi connectivity index (χ1) is 31.0. The normalized spacial score (nSPS) is 12.6. The fourth-order valence-corrected chi connectivity index (χ4v) is 7.27. The van der Waals surface area contributed by atoms with Crippen LogP contribution in [0.15, 0.2) is 72.9 Å². The Bertz CT molecular complexity index is 1190. The van der Waals surface area contributed by atoms with Crippen LogP contribution >= 0.6 is 0 Å². The minimum absolute atomic E-state index is 0.0729. The van der Waals surface area contributed by atoms with Crippen LogP contribution in [0.4, 0.5) is 0 Å². The lowest BCUT2D eigenvalue weighted by molar-refractivity contribution is -0.167. The standard InChI is InChI=1S/C57H98O6/c1-4-7-10-13-14-15-16-17-18-19-20-21-22-23-24-25-26-27-28-29-30-31-32-33-34-35-36-37-38-39-40-41-42-45-47-50-56(59)62-53-54(63-57(60)51-48-44-12-9-6-3)52-61-55(58)49-46-43-11-8-5-2/h7,10,14-15,17-18,20-21,23-24,26-27,54H,4-6,8-9,11-13,16,19,22,25,28-53H2,1-3H3/b10-7-,15-14-,18-17-,21-20-,24-23-,27-26-. The first kappa shape index (κ1) is 59.9. The van der Waals surface area contributed by atoms with Crippen LogP contribution in [0, 0.1) is 0 Å². The van der Waals surface area contributed by atoms with Crippen LogP contribution in [-0.2, 0) is 28.6 Å². The molecule has 0 aliphatic carbocycles. The number of carbonyl (C=O) groups is 3. The van der Waals surface area contributed by atoms with E-state index in [-0.39, 0.29) is 31.1 Å². The molecule has 0 aromatic carbocycles. The molecule has 0 rings (SSSR count). The zero-order chi connectivity index (χ0) is 45.8. The number of allylic oxidation sites excluding steroid dienone is 12. The largest absolute Gasteiger partial charge is 0.462 e. The van der Waals surface area contributed by atoms with Gasteiger partial charge in [0.2, 0.25) is 0 Å². The van der Waals surface area contributed by atoms with Crippen LogP contribution in [0.1, 0.15) is 252 Å². The van der Waals surface area contributed by atoms with Gasteiger partial charge in [0.15, 0.2) is 6.10 Å². The SMILES string of the molecule is CC/C=C\C/C=C\C/C=C\C/C=C\C/C=C\C/C=C\CCCCCCCCCCCCCCCCCCC(=O)OCC(COC(=O)CCCCCCC)OC(=O)CCCCCCC. The van der Waals surface area contributed by atoms with Crippen LogP contribution in [0.3, 0.4) is 0 Å². The summed E-state index contributed by atoms with van der Waals surface area (Å²) in [5, 5.41) is 0. The number of carbonyl (C=O) groups excluding carboxylic acids is 3. The van der Waals surface area contributed by atoms with Crippen molar-refractivity contribution in [2.45, 2.75) is 258 Å². The number of unbranched alkanes of at least 4 members (excludes halogenated alkanes) is 24. The molecule has 0 aliphatic rings. The highest BCUT2D eigenvalue weighted by atomic mass is 16.6. The van der Waals surface area contributed by atoms with Crippen molar-refractivity contribution in [3.63, 3.8) is 0 Å². The maximum absolute atomic E-state index is 12.5. The Morgan fingerprint density at radius 3 is 0.968 bits per heavy atom. The van der Waals surface area contributed by atoms with E-state index in [1.807, 2.05) is 0 Å². The molecule has 1 unspecified atom stereocenters. The molecule has 0 spiro atoms. The first-order valence-corrected chi connectivity index (χ1v) is 26.4. The van der Waals surface area contributed by atoms with E-state index in [4.69, 9.17) is 14.2 Å². The van der Waals surface area contributed by atoms with Gasteiger partial charge in [-0.05, 0) is 70.6 Å². The minimum atomic E-state index is -0.762. The van der Waals surface area contributed by atoms with Crippen molar-refractivity contribution in [3.8, 4) is 0 Å². The molecule has 0 saturated heterocycles. The summed E-state index contributed by atoms with van der Waals surface area (Å²) in [6.07, 6.45) is 65.7. The van der Waals surface area contributed by atoms with Crippen molar-refractivity contribution >= 4 is 17.9 Å².